The van der Waals surface area contributed by atoms with Gasteiger partial charge in [-0.25, -0.2) is 9.89 Å². The van der Waals surface area contributed by atoms with E-state index in [-0.39, 0.29) is 10.9 Å². The molecule has 1 aromatic rings. The molecule has 0 aliphatic carbocycles. The minimum absolute atomic E-state index is 0.145. The van der Waals surface area contributed by atoms with Gasteiger partial charge in [0.2, 0.25) is 0 Å². The van der Waals surface area contributed by atoms with E-state index in [0.717, 1.165) is 6.42 Å². The monoisotopic (exact) mass is 198 g/mol. The van der Waals surface area contributed by atoms with Crippen molar-refractivity contribution >= 4 is 11.8 Å². The van der Waals surface area contributed by atoms with E-state index in [9.17, 15) is 4.79 Å². The number of nitrogens with zero attached hydrogens (tertiary/aromatic N) is 3. The number of aromatic amines is 1. The van der Waals surface area contributed by atoms with E-state index in [1.807, 2.05) is 6.92 Å². The molecule has 1 N–H and O–H groups in total. The molecule has 0 aliphatic heterocycles. The van der Waals surface area contributed by atoms with E-state index in [0.29, 0.717) is 5.16 Å². The Hall–Kier alpha value is -1.22. The van der Waals surface area contributed by atoms with Crippen LogP contribution in [0.4, 0.5) is 0 Å². The third-order valence-corrected chi connectivity index (χ3v) is 2.81. The highest BCUT2D eigenvalue weighted by Gasteiger charge is 2.11. The fourth-order valence-electron chi connectivity index (χ4n) is 0.812. The molecule has 5 nitrogen and oxygen atoms in total. The number of hydrogen-bond donors (Lipinski definition) is 1. The van der Waals surface area contributed by atoms with Gasteiger partial charge in [-0.2, -0.15) is 10.2 Å². The van der Waals surface area contributed by atoms with Crippen LogP contribution in [-0.4, -0.2) is 20.0 Å². The lowest BCUT2D eigenvalue weighted by Crippen LogP contribution is -2.03. The van der Waals surface area contributed by atoms with Crippen LogP contribution >= 0.6 is 11.8 Å². The van der Waals surface area contributed by atoms with Gasteiger partial charge in [0.25, 0.3) is 0 Å². The van der Waals surface area contributed by atoms with Crippen molar-refractivity contribution < 1.29 is 0 Å². The molecule has 0 saturated carbocycles. The van der Waals surface area contributed by atoms with Gasteiger partial charge in [0.05, 0.1) is 11.3 Å². The Morgan fingerprint density at radius 3 is 2.92 bits per heavy atom. The summed E-state index contributed by atoms with van der Waals surface area (Å²) in [4.78, 5) is 14.5. The lowest BCUT2D eigenvalue weighted by Gasteiger charge is -2.03. The van der Waals surface area contributed by atoms with Gasteiger partial charge in [0.15, 0.2) is 5.16 Å². The molecule has 0 fully saturated rings. The smallest absolute Gasteiger partial charge is 0.264 e. The number of hydrogen-bond acceptors (Lipinski definition) is 4. The SMILES string of the molecule is CCC(C#N)Sc1nc(=O)[nH]n1C. The van der Waals surface area contributed by atoms with Crippen LogP contribution in [0.3, 0.4) is 0 Å². The maximum atomic E-state index is 10.8. The molecule has 0 amide bonds. The van der Waals surface area contributed by atoms with E-state index < -0.39 is 0 Å². The second-order valence-corrected chi connectivity index (χ2v) is 3.68. The average Bonchev–Trinajstić information content (AvgIpc) is 2.41. The van der Waals surface area contributed by atoms with Crippen molar-refractivity contribution in [1.82, 2.24) is 14.8 Å². The number of H-pyrrole nitrogens is 1. The number of thioether (sulfide) groups is 1. The van der Waals surface area contributed by atoms with Crippen LogP contribution in [0.15, 0.2) is 9.95 Å². The quantitative estimate of drug-likeness (QED) is 0.718. The van der Waals surface area contributed by atoms with Crippen molar-refractivity contribution in [1.29, 1.82) is 5.26 Å². The summed E-state index contributed by atoms with van der Waals surface area (Å²) in [5, 5.41) is 11.6. The normalized spacial score (nSPS) is 12.4. The summed E-state index contributed by atoms with van der Waals surface area (Å²) >= 11 is 1.30. The molecule has 1 unspecified atom stereocenters. The van der Waals surface area contributed by atoms with Crippen molar-refractivity contribution in [3.63, 3.8) is 0 Å². The Bertz CT molecular complexity index is 375. The molecular formula is C7H10N4OS. The van der Waals surface area contributed by atoms with Crippen molar-refractivity contribution in [3.8, 4) is 6.07 Å². The van der Waals surface area contributed by atoms with E-state index in [1.54, 1.807) is 7.05 Å². The van der Waals surface area contributed by atoms with Crippen molar-refractivity contribution in [3.05, 3.63) is 10.5 Å². The fourth-order valence-corrected chi connectivity index (χ4v) is 1.63. The van der Waals surface area contributed by atoms with Crippen molar-refractivity contribution in [2.75, 3.05) is 0 Å². The van der Waals surface area contributed by atoms with Crippen molar-refractivity contribution in [2.45, 2.75) is 23.8 Å². The maximum Gasteiger partial charge on any atom is 0.362 e. The first-order valence-electron chi connectivity index (χ1n) is 3.86. The number of aryl methyl sites for hydroxylation is 1. The first-order valence-corrected chi connectivity index (χ1v) is 4.74. The molecule has 6 heteroatoms. The Kier molecular flexibility index (Phi) is 3.14. The predicted octanol–water partition coefficient (Wildman–Crippen LogP) is 0.503. The van der Waals surface area contributed by atoms with Gasteiger partial charge in [-0.15, -0.1) is 0 Å². The Balaban J connectivity index is 2.80. The number of rotatable bonds is 3. The molecule has 13 heavy (non-hydrogen) atoms. The average molecular weight is 198 g/mol. The first kappa shape index (κ1) is 9.86. The van der Waals surface area contributed by atoms with Crippen LogP contribution in [0.2, 0.25) is 0 Å². The molecule has 0 bridgehead atoms. The highest BCUT2D eigenvalue weighted by atomic mass is 32.2. The molecule has 0 radical (unpaired) electrons. The third-order valence-electron chi connectivity index (χ3n) is 1.51. The zero-order valence-corrected chi connectivity index (χ0v) is 8.26. The van der Waals surface area contributed by atoms with Crippen LogP contribution in [0.1, 0.15) is 13.3 Å². The summed E-state index contributed by atoms with van der Waals surface area (Å²) in [5.74, 6) is 0. The number of nitriles is 1. The standard InChI is InChI=1S/C7H10N4OS/c1-3-5(4-8)13-7-9-6(12)10-11(7)2/h5H,3H2,1-2H3,(H,10,12). The topological polar surface area (TPSA) is 74.5 Å². The lowest BCUT2D eigenvalue weighted by molar-refractivity contribution is 0.680. The highest BCUT2D eigenvalue weighted by molar-refractivity contribution is 8.00. The largest absolute Gasteiger partial charge is 0.362 e. The van der Waals surface area contributed by atoms with Crippen LogP contribution in [0.5, 0.6) is 0 Å². The number of aromatic nitrogens is 3. The van der Waals surface area contributed by atoms with Crippen LogP contribution in [0, 0.1) is 11.3 Å². The fraction of sp³-hybridized carbons (Fsp3) is 0.571. The number of nitrogens with one attached hydrogen (secondary N) is 1. The molecule has 1 rings (SSSR count). The zero-order valence-electron chi connectivity index (χ0n) is 7.44. The maximum absolute atomic E-state index is 10.8. The molecule has 0 aromatic carbocycles. The minimum atomic E-state index is -0.377. The van der Waals surface area contributed by atoms with Gasteiger partial charge in [0, 0.05) is 7.05 Å². The van der Waals surface area contributed by atoms with Crippen LogP contribution in [-0.2, 0) is 7.05 Å². The molecule has 70 valence electrons. The van der Waals surface area contributed by atoms with E-state index in [2.05, 4.69) is 16.2 Å². The summed E-state index contributed by atoms with van der Waals surface area (Å²) in [7, 11) is 1.70. The zero-order chi connectivity index (χ0) is 9.84. The molecule has 1 heterocycles. The van der Waals surface area contributed by atoms with Crippen LogP contribution in [0.25, 0.3) is 0 Å². The first-order chi connectivity index (χ1) is 6.17. The summed E-state index contributed by atoms with van der Waals surface area (Å²) in [6.07, 6.45) is 0.738. The highest BCUT2D eigenvalue weighted by Crippen LogP contribution is 2.20. The predicted molar refractivity (Wildman–Crippen MR) is 49.4 cm³/mol. The minimum Gasteiger partial charge on any atom is -0.264 e. The van der Waals surface area contributed by atoms with Gasteiger partial charge < -0.3 is 0 Å². The Labute approximate surface area is 79.8 Å². The summed E-state index contributed by atoms with van der Waals surface area (Å²) in [6, 6.07) is 2.13. The van der Waals surface area contributed by atoms with Gasteiger partial charge in [-0.3, -0.25) is 4.68 Å². The van der Waals surface area contributed by atoms with Gasteiger partial charge in [0.1, 0.15) is 0 Å². The molecular weight excluding hydrogens is 188 g/mol. The molecule has 0 spiro atoms. The van der Waals surface area contributed by atoms with Crippen molar-refractivity contribution in [2.24, 2.45) is 7.05 Å². The summed E-state index contributed by atoms with van der Waals surface area (Å²) in [6.45, 7) is 1.92. The molecule has 0 aliphatic rings. The molecule has 0 saturated heterocycles. The van der Waals surface area contributed by atoms with Gasteiger partial charge in [-0.05, 0) is 6.42 Å². The second-order valence-electron chi connectivity index (χ2n) is 2.51. The second kappa shape index (κ2) is 4.14. The lowest BCUT2D eigenvalue weighted by atomic mass is 10.4. The third kappa shape index (κ3) is 2.36. The van der Waals surface area contributed by atoms with E-state index >= 15 is 0 Å². The Morgan fingerprint density at radius 2 is 2.54 bits per heavy atom. The molecule has 1 aromatic heterocycles. The van der Waals surface area contributed by atoms with E-state index in [4.69, 9.17) is 5.26 Å². The summed E-state index contributed by atoms with van der Waals surface area (Å²) < 4.78 is 1.52. The van der Waals surface area contributed by atoms with Crippen LogP contribution < -0.4 is 5.69 Å². The summed E-state index contributed by atoms with van der Waals surface area (Å²) in [5.41, 5.74) is -0.377. The van der Waals surface area contributed by atoms with Gasteiger partial charge >= 0.3 is 5.69 Å². The molecule has 1 atom stereocenters. The van der Waals surface area contributed by atoms with Gasteiger partial charge in [-0.1, -0.05) is 18.7 Å². The Morgan fingerprint density at radius 1 is 1.85 bits per heavy atom. The van der Waals surface area contributed by atoms with E-state index in [1.165, 1.54) is 16.4 Å².